The van der Waals surface area contributed by atoms with E-state index in [-0.39, 0.29) is 23.4 Å². The first-order chi connectivity index (χ1) is 9.27. The molecule has 3 rings (SSSR count). The number of ether oxygens (including phenoxy) is 2. The second-order valence-corrected chi connectivity index (χ2v) is 4.78. The van der Waals surface area contributed by atoms with Crippen LogP contribution in [-0.2, 0) is 26.5 Å². The average Bonchev–Trinajstić information content (AvgIpc) is 3.13. The molecule has 0 bridgehead atoms. The van der Waals surface area contributed by atoms with Crippen molar-refractivity contribution < 1.29 is 26.5 Å². The van der Waals surface area contributed by atoms with Gasteiger partial charge in [0, 0.05) is 18.4 Å². The zero-order valence-corrected chi connectivity index (χ0v) is 13.0. The Bertz CT molecular complexity index is 233. The van der Waals surface area contributed by atoms with Gasteiger partial charge in [0.05, 0.1) is 13.2 Å². The predicted octanol–water partition coefficient (Wildman–Crippen LogP) is 1.72. The first kappa shape index (κ1) is 18.4. The zero-order valence-electron chi connectivity index (χ0n) is 11.9. The average molecular weight is 315 g/mol. The van der Waals surface area contributed by atoms with Crippen molar-refractivity contribution in [2.45, 2.75) is 6.29 Å². The standard InChI is InChI=1S/C11H16NO2.C5H5.Fe/c1-12(2)8-9-4-3-5-10(9)11-13-6-7-14-11;1-2-4-5-3-1;/h3-5,11H,6-8H2,1-2H3;1-5H;/q;;+2. The summed E-state index contributed by atoms with van der Waals surface area (Å²) >= 11 is 0. The molecule has 0 aromatic rings. The molecule has 1 saturated heterocycles. The maximum atomic E-state index is 5.48. The quantitative estimate of drug-likeness (QED) is 0.740. The van der Waals surface area contributed by atoms with E-state index in [2.05, 4.69) is 38.3 Å². The molecule has 0 aromatic carbocycles. The Hall–Kier alpha value is 0.399. The molecule has 0 amide bonds. The van der Waals surface area contributed by atoms with Crippen LogP contribution in [0.15, 0.2) is 0 Å². The fourth-order valence-electron chi connectivity index (χ4n) is 2.04. The molecule has 3 fully saturated rings. The molecule has 2 aliphatic carbocycles. The molecule has 3 nitrogen and oxygen atoms in total. The summed E-state index contributed by atoms with van der Waals surface area (Å²) in [5.74, 6) is 2.47. The number of hydrogen-bond donors (Lipinski definition) is 0. The molecule has 20 heavy (non-hydrogen) atoms. The Balaban J connectivity index is 0.000000283. The number of rotatable bonds is 3. The minimum Gasteiger partial charge on any atom is -0.350 e. The maximum absolute atomic E-state index is 5.48. The molecule has 108 valence electrons. The van der Waals surface area contributed by atoms with E-state index in [0.717, 1.165) is 6.54 Å². The Kier molecular flexibility index (Phi) is 9.39. The molecule has 0 N–H and O–H groups in total. The third-order valence-electron chi connectivity index (χ3n) is 2.86. The van der Waals surface area contributed by atoms with Gasteiger partial charge in [0.2, 0.25) is 0 Å². The molecule has 1 aliphatic heterocycles. The van der Waals surface area contributed by atoms with Crippen LogP contribution in [0, 0.1) is 63.2 Å². The summed E-state index contributed by atoms with van der Waals surface area (Å²) in [5.41, 5.74) is 0. The fourth-order valence-corrected chi connectivity index (χ4v) is 2.04. The monoisotopic (exact) mass is 315 g/mol. The Morgan fingerprint density at radius 1 is 0.950 bits per heavy atom. The Morgan fingerprint density at radius 3 is 2.00 bits per heavy atom. The van der Waals surface area contributed by atoms with Crippen LogP contribution in [-0.4, -0.2) is 45.0 Å². The third-order valence-corrected chi connectivity index (χ3v) is 2.86. The predicted molar refractivity (Wildman–Crippen MR) is 75.1 cm³/mol. The first-order valence-corrected chi connectivity index (χ1v) is 6.56. The van der Waals surface area contributed by atoms with Gasteiger partial charge in [-0.2, -0.15) is 0 Å². The van der Waals surface area contributed by atoms with Gasteiger partial charge in [-0.3, -0.25) is 0 Å². The van der Waals surface area contributed by atoms with Gasteiger partial charge in [-0.05, 0) is 65.5 Å². The van der Waals surface area contributed by atoms with E-state index in [0.29, 0.717) is 13.2 Å². The summed E-state index contributed by atoms with van der Waals surface area (Å²) < 4.78 is 11.0. The van der Waals surface area contributed by atoms with E-state index in [1.54, 1.807) is 0 Å². The molecule has 3 aliphatic rings. The van der Waals surface area contributed by atoms with Crippen molar-refractivity contribution in [2.75, 3.05) is 33.9 Å². The van der Waals surface area contributed by atoms with E-state index in [1.807, 2.05) is 32.1 Å². The van der Waals surface area contributed by atoms with Crippen LogP contribution in [0.25, 0.3) is 0 Å². The summed E-state index contributed by atoms with van der Waals surface area (Å²) in [6.07, 6.45) is 16.1. The minimum absolute atomic E-state index is 0. The van der Waals surface area contributed by atoms with Crippen LogP contribution in [0.2, 0.25) is 0 Å². The van der Waals surface area contributed by atoms with Crippen molar-refractivity contribution >= 4 is 0 Å². The molecule has 0 unspecified atom stereocenters. The van der Waals surface area contributed by atoms with Crippen LogP contribution in [0.5, 0.6) is 0 Å². The molecule has 0 aromatic heterocycles. The van der Waals surface area contributed by atoms with Crippen LogP contribution < -0.4 is 0 Å². The van der Waals surface area contributed by atoms with E-state index >= 15 is 0 Å². The first-order valence-electron chi connectivity index (χ1n) is 6.56. The number of hydrogen-bond acceptors (Lipinski definition) is 3. The van der Waals surface area contributed by atoms with Crippen molar-refractivity contribution in [3.05, 3.63) is 63.2 Å². The minimum atomic E-state index is -0.139. The Labute approximate surface area is 135 Å². The van der Waals surface area contributed by atoms with Crippen molar-refractivity contribution in [2.24, 2.45) is 0 Å². The van der Waals surface area contributed by atoms with Gasteiger partial charge < -0.3 is 14.4 Å². The van der Waals surface area contributed by atoms with E-state index in [9.17, 15) is 0 Å². The third kappa shape index (κ3) is 6.03. The summed E-state index contributed by atoms with van der Waals surface area (Å²) in [7, 11) is 4.13. The van der Waals surface area contributed by atoms with Gasteiger partial charge >= 0.3 is 17.1 Å². The van der Waals surface area contributed by atoms with Crippen molar-refractivity contribution in [1.82, 2.24) is 4.90 Å². The maximum Gasteiger partial charge on any atom is 2.00 e. The molecule has 10 radical (unpaired) electrons. The summed E-state index contributed by atoms with van der Waals surface area (Å²) in [6, 6.07) is 0. The number of nitrogens with zero attached hydrogens (tertiary/aromatic N) is 1. The summed E-state index contributed by atoms with van der Waals surface area (Å²) in [6.45, 7) is 2.35. The second-order valence-electron chi connectivity index (χ2n) is 4.78. The van der Waals surface area contributed by atoms with Crippen molar-refractivity contribution in [3.8, 4) is 0 Å². The van der Waals surface area contributed by atoms with Crippen LogP contribution in [0.4, 0.5) is 0 Å². The molecule has 2 saturated carbocycles. The van der Waals surface area contributed by atoms with Gasteiger partial charge in [-0.25, -0.2) is 0 Å². The zero-order chi connectivity index (χ0) is 13.5. The Morgan fingerprint density at radius 2 is 1.50 bits per heavy atom. The van der Waals surface area contributed by atoms with Gasteiger partial charge in [0.25, 0.3) is 0 Å². The smallest absolute Gasteiger partial charge is 0.350 e. The summed E-state index contributed by atoms with van der Waals surface area (Å²) in [5, 5.41) is 0. The largest absolute Gasteiger partial charge is 2.00 e. The van der Waals surface area contributed by atoms with Crippen molar-refractivity contribution in [3.63, 3.8) is 0 Å². The van der Waals surface area contributed by atoms with Crippen LogP contribution >= 0.6 is 0 Å². The van der Waals surface area contributed by atoms with Gasteiger partial charge in [0.15, 0.2) is 6.29 Å². The second kappa shape index (κ2) is 10.2. The molecule has 0 atom stereocenters. The molecule has 4 heteroatoms. The van der Waals surface area contributed by atoms with Crippen LogP contribution in [0.3, 0.4) is 0 Å². The molecular weight excluding hydrogens is 294 g/mol. The molecular formula is C16H21FeNO2+2. The van der Waals surface area contributed by atoms with E-state index in [4.69, 9.17) is 9.47 Å². The van der Waals surface area contributed by atoms with Gasteiger partial charge in [0.1, 0.15) is 0 Å². The SMILES string of the molecule is CN(C)C[C]1[CH][CH][CH][C]1C1OCCO1.[CH]1[CH][CH][CH][CH]1.[Fe+2]. The normalized spacial score (nSPS) is 24.8. The topological polar surface area (TPSA) is 21.7 Å². The van der Waals surface area contributed by atoms with E-state index < -0.39 is 0 Å². The van der Waals surface area contributed by atoms with Gasteiger partial charge in [-0.1, -0.05) is 0 Å². The van der Waals surface area contributed by atoms with E-state index in [1.165, 1.54) is 11.8 Å². The molecule has 0 spiro atoms. The fraction of sp³-hybridized carbons (Fsp3) is 0.375. The van der Waals surface area contributed by atoms with Crippen LogP contribution in [0.1, 0.15) is 0 Å². The van der Waals surface area contributed by atoms with Gasteiger partial charge in [-0.15, -0.1) is 0 Å². The summed E-state index contributed by atoms with van der Waals surface area (Å²) in [4.78, 5) is 2.15. The van der Waals surface area contributed by atoms with Crippen molar-refractivity contribution in [1.29, 1.82) is 0 Å². The molecule has 1 heterocycles.